The molecule has 1 saturated carbocycles. The van der Waals surface area contributed by atoms with Crippen molar-refractivity contribution in [3.05, 3.63) is 54.7 Å². The number of carbonyl (C=O) groups is 1. The smallest absolute Gasteiger partial charge is 0.343 e. The van der Waals surface area contributed by atoms with E-state index >= 15 is 0 Å². The first-order valence-electron chi connectivity index (χ1n) is 8.53. The van der Waals surface area contributed by atoms with Crippen molar-refractivity contribution >= 4 is 61.3 Å². The van der Waals surface area contributed by atoms with E-state index in [1.165, 1.54) is 18.2 Å². The largest absolute Gasteiger partial charge is 0.744 e. The van der Waals surface area contributed by atoms with E-state index < -0.39 is 16.1 Å². The quantitative estimate of drug-likeness (QED) is 0.209. The Morgan fingerprint density at radius 3 is 2.33 bits per heavy atom. The van der Waals surface area contributed by atoms with Crippen LogP contribution in [0.2, 0.25) is 0 Å². The van der Waals surface area contributed by atoms with Crippen molar-refractivity contribution in [3.8, 4) is 5.75 Å². The fourth-order valence-electron chi connectivity index (χ4n) is 3.34. The van der Waals surface area contributed by atoms with Crippen LogP contribution in [0.5, 0.6) is 5.75 Å². The van der Waals surface area contributed by atoms with Crippen LogP contribution in [-0.2, 0) is 10.1 Å². The molecule has 0 spiro atoms. The lowest BCUT2D eigenvalue weighted by Crippen LogP contribution is -2.13. The van der Waals surface area contributed by atoms with Gasteiger partial charge in [-0.3, -0.25) is 0 Å². The van der Waals surface area contributed by atoms with E-state index in [1.807, 2.05) is 6.07 Å². The van der Waals surface area contributed by atoms with Crippen LogP contribution in [0.25, 0.3) is 0 Å². The minimum Gasteiger partial charge on any atom is -0.744 e. The average Bonchev–Trinajstić information content (AvgIpc) is 2.63. The predicted molar refractivity (Wildman–Crippen MR) is 117 cm³/mol. The number of hydrogen-bond donors (Lipinski definition) is 0. The highest BCUT2D eigenvalue weighted by molar-refractivity contribution is 14.1. The molecule has 0 aromatic heterocycles. The van der Waals surface area contributed by atoms with Gasteiger partial charge in [0.15, 0.2) is 0 Å². The van der Waals surface area contributed by atoms with Crippen molar-refractivity contribution in [3.63, 3.8) is 0 Å². The molecule has 27 heavy (non-hydrogen) atoms. The SMILES string of the molecule is O=C(Oc1ccc(S(=O)(=O)[O-])c(C2CCCCC2)c1)c1ccc(I)c(I)c1. The number of hydrogen-bond acceptors (Lipinski definition) is 5. The van der Waals surface area contributed by atoms with Gasteiger partial charge in [0.1, 0.15) is 15.9 Å². The zero-order chi connectivity index (χ0) is 19.6. The van der Waals surface area contributed by atoms with Crippen molar-refractivity contribution < 1.29 is 22.5 Å². The van der Waals surface area contributed by atoms with Gasteiger partial charge in [0.25, 0.3) is 0 Å². The van der Waals surface area contributed by atoms with E-state index in [0.29, 0.717) is 11.1 Å². The highest BCUT2D eigenvalue weighted by Crippen LogP contribution is 2.37. The Morgan fingerprint density at radius 2 is 1.70 bits per heavy atom. The fraction of sp³-hybridized carbons (Fsp3) is 0.316. The van der Waals surface area contributed by atoms with E-state index in [4.69, 9.17) is 4.74 Å². The van der Waals surface area contributed by atoms with Crippen LogP contribution in [0, 0.1) is 7.14 Å². The van der Waals surface area contributed by atoms with Gasteiger partial charge in [0.2, 0.25) is 0 Å². The van der Waals surface area contributed by atoms with Crippen LogP contribution in [0.1, 0.15) is 53.9 Å². The monoisotopic (exact) mass is 611 g/mol. The summed E-state index contributed by atoms with van der Waals surface area (Å²) in [6, 6.07) is 9.42. The van der Waals surface area contributed by atoms with E-state index in [-0.39, 0.29) is 16.6 Å². The van der Waals surface area contributed by atoms with Crippen LogP contribution < -0.4 is 4.74 Å². The molecule has 3 rings (SSSR count). The van der Waals surface area contributed by atoms with Gasteiger partial charge >= 0.3 is 5.97 Å². The van der Waals surface area contributed by atoms with Gasteiger partial charge in [0.05, 0.1) is 10.5 Å². The molecule has 1 aliphatic carbocycles. The van der Waals surface area contributed by atoms with Gasteiger partial charge in [-0.1, -0.05) is 19.3 Å². The van der Waals surface area contributed by atoms with Crippen molar-refractivity contribution in [2.75, 3.05) is 0 Å². The molecular formula is C19H17I2O5S-. The standard InChI is InChI=1S/C19H18I2O5S/c20-16-8-6-13(10-17(16)21)19(22)26-14-7-9-18(27(23,24)25)15(11-14)12-4-2-1-3-5-12/h6-12H,1-5H2,(H,23,24,25)/p-1. The van der Waals surface area contributed by atoms with Crippen LogP contribution >= 0.6 is 45.2 Å². The maximum absolute atomic E-state index is 12.4. The molecule has 0 radical (unpaired) electrons. The molecule has 5 nitrogen and oxygen atoms in total. The molecule has 2 aromatic rings. The van der Waals surface area contributed by atoms with Crippen LogP contribution in [0.3, 0.4) is 0 Å². The van der Waals surface area contributed by atoms with Gasteiger partial charge in [-0.25, -0.2) is 13.2 Å². The summed E-state index contributed by atoms with van der Waals surface area (Å²) >= 11 is 4.33. The maximum atomic E-state index is 12.4. The molecule has 0 unspecified atom stereocenters. The Kier molecular flexibility index (Phi) is 6.80. The van der Waals surface area contributed by atoms with E-state index in [9.17, 15) is 17.8 Å². The Bertz CT molecular complexity index is 966. The third-order valence-corrected chi connectivity index (χ3v) is 8.44. The fourth-order valence-corrected chi connectivity index (χ4v) is 4.94. The molecule has 1 aliphatic rings. The molecule has 0 saturated heterocycles. The van der Waals surface area contributed by atoms with Gasteiger partial charge in [-0.15, -0.1) is 0 Å². The third kappa shape index (κ3) is 5.21. The van der Waals surface area contributed by atoms with Gasteiger partial charge in [-0.05, 0) is 106 Å². The summed E-state index contributed by atoms with van der Waals surface area (Å²) in [5.74, 6) is -0.270. The third-order valence-electron chi connectivity index (χ3n) is 4.66. The van der Waals surface area contributed by atoms with E-state index in [2.05, 4.69) is 45.2 Å². The van der Waals surface area contributed by atoms with Crippen molar-refractivity contribution in [1.29, 1.82) is 0 Å². The number of benzene rings is 2. The first-order valence-corrected chi connectivity index (χ1v) is 12.1. The highest BCUT2D eigenvalue weighted by Gasteiger charge is 2.22. The minimum absolute atomic E-state index is 0.00428. The maximum Gasteiger partial charge on any atom is 0.343 e. The van der Waals surface area contributed by atoms with Gasteiger partial charge < -0.3 is 9.29 Å². The molecular weight excluding hydrogens is 594 g/mol. The Labute approximate surface area is 185 Å². The van der Waals surface area contributed by atoms with E-state index in [1.54, 1.807) is 12.1 Å². The lowest BCUT2D eigenvalue weighted by Gasteiger charge is -2.25. The molecule has 0 N–H and O–H groups in total. The topological polar surface area (TPSA) is 83.5 Å². The molecule has 8 heteroatoms. The number of ether oxygens (including phenoxy) is 1. The second-order valence-corrected chi connectivity index (χ2v) is 10.2. The summed E-state index contributed by atoms with van der Waals surface area (Å²) < 4.78 is 42.4. The Morgan fingerprint density at radius 1 is 1.00 bits per heavy atom. The summed E-state index contributed by atoms with van der Waals surface area (Å²) in [5.41, 5.74) is 0.881. The summed E-state index contributed by atoms with van der Waals surface area (Å²) in [4.78, 5) is 12.2. The predicted octanol–water partition coefficient (Wildman–Crippen LogP) is 5.07. The van der Waals surface area contributed by atoms with Crippen molar-refractivity contribution in [1.82, 2.24) is 0 Å². The normalized spacial score (nSPS) is 15.5. The number of esters is 1. The average molecular weight is 611 g/mol. The zero-order valence-electron chi connectivity index (χ0n) is 14.3. The molecule has 0 heterocycles. The Balaban J connectivity index is 1.91. The van der Waals surface area contributed by atoms with Crippen LogP contribution in [0.4, 0.5) is 0 Å². The minimum atomic E-state index is -4.58. The van der Waals surface area contributed by atoms with Gasteiger partial charge in [0, 0.05) is 7.14 Å². The number of rotatable bonds is 4. The van der Waals surface area contributed by atoms with Gasteiger partial charge in [-0.2, -0.15) is 0 Å². The molecule has 0 bridgehead atoms. The number of halogens is 2. The summed E-state index contributed by atoms with van der Waals surface area (Å²) in [6.45, 7) is 0. The second kappa shape index (κ2) is 8.75. The molecule has 0 atom stereocenters. The molecule has 2 aromatic carbocycles. The molecule has 144 valence electrons. The number of carbonyl (C=O) groups excluding carboxylic acids is 1. The summed E-state index contributed by atoms with van der Waals surface area (Å²) in [5, 5.41) is 0. The summed E-state index contributed by atoms with van der Waals surface area (Å²) in [7, 11) is -4.58. The highest BCUT2D eigenvalue weighted by atomic mass is 127. The lowest BCUT2D eigenvalue weighted by atomic mass is 9.84. The molecule has 0 aliphatic heterocycles. The zero-order valence-corrected chi connectivity index (χ0v) is 19.4. The van der Waals surface area contributed by atoms with Crippen LogP contribution in [0.15, 0.2) is 41.3 Å². The van der Waals surface area contributed by atoms with Crippen molar-refractivity contribution in [2.45, 2.75) is 42.9 Å². The van der Waals surface area contributed by atoms with Crippen molar-refractivity contribution in [2.24, 2.45) is 0 Å². The molecule has 0 amide bonds. The summed E-state index contributed by atoms with van der Waals surface area (Å²) in [6.07, 6.45) is 4.75. The van der Waals surface area contributed by atoms with E-state index in [0.717, 1.165) is 39.2 Å². The lowest BCUT2D eigenvalue weighted by molar-refractivity contribution is 0.0734. The Hall–Kier alpha value is -0.720. The molecule has 1 fully saturated rings. The second-order valence-electron chi connectivity index (χ2n) is 6.51. The first kappa shape index (κ1) is 21.0. The van der Waals surface area contributed by atoms with Crippen LogP contribution in [-0.4, -0.2) is 18.9 Å². The first-order chi connectivity index (χ1) is 12.8.